The zero-order valence-corrected chi connectivity index (χ0v) is 21.4. The quantitative estimate of drug-likeness (QED) is 0.278. The molecule has 1 aliphatic heterocycles. The van der Waals surface area contributed by atoms with E-state index >= 15 is 0 Å². The molecule has 9 nitrogen and oxygen atoms in total. The summed E-state index contributed by atoms with van der Waals surface area (Å²) in [6, 6.07) is 13.6. The first-order valence-electron chi connectivity index (χ1n) is 12.1. The standard InChI is InChI=1S/C27H30ClN7O2/c1-2-4-21(16-30-18-36)20-7-8-24-23(14-20)26(31-15-19-5-3-6-22(28)13-19)33-27(32-24)35-11-9-34(10-12-35)17-25(29)37/h2-8,13-14,16,18H,9-12,15,17H2,1H3,(H2,29,37)(H,30,36)(H,31,32,33)/b4-2-,21-16+. The topological polar surface area (TPSA) is 116 Å². The minimum atomic E-state index is -0.326. The van der Waals surface area contributed by atoms with E-state index in [9.17, 15) is 9.59 Å². The maximum absolute atomic E-state index is 11.3. The molecule has 0 saturated carbocycles. The molecule has 2 aromatic carbocycles. The second kappa shape index (κ2) is 12.3. The molecule has 1 aromatic heterocycles. The maximum Gasteiger partial charge on any atom is 0.231 e. The van der Waals surface area contributed by atoms with Gasteiger partial charge in [0.05, 0.1) is 12.1 Å². The van der Waals surface area contributed by atoms with Crippen LogP contribution in [0.25, 0.3) is 16.5 Å². The molecule has 4 N–H and O–H groups in total. The fourth-order valence-corrected chi connectivity index (χ4v) is 4.47. The highest BCUT2D eigenvalue weighted by atomic mass is 35.5. The Morgan fingerprint density at radius 1 is 1.14 bits per heavy atom. The van der Waals surface area contributed by atoms with Crippen LogP contribution in [0.1, 0.15) is 18.1 Å². The van der Waals surface area contributed by atoms with Crippen LogP contribution in [-0.2, 0) is 16.1 Å². The van der Waals surface area contributed by atoms with E-state index in [1.165, 1.54) is 0 Å². The van der Waals surface area contributed by atoms with Crippen molar-refractivity contribution < 1.29 is 9.59 Å². The van der Waals surface area contributed by atoms with Gasteiger partial charge in [0.1, 0.15) is 5.82 Å². The largest absolute Gasteiger partial charge is 0.369 e. The Morgan fingerprint density at radius 2 is 1.95 bits per heavy atom. The lowest BCUT2D eigenvalue weighted by molar-refractivity contribution is -0.119. The normalized spacial score (nSPS) is 14.8. The lowest BCUT2D eigenvalue weighted by Crippen LogP contribution is -2.49. The summed E-state index contributed by atoms with van der Waals surface area (Å²) in [5.41, 5.74) is 8.95. The first kappa shape index (κ1) is 26.1. The molecule has 1 saturated heterocycles. The van der Waals surface area contributed by atoms with Gasteiger partial charge in [0, 0.05) is 49.3 Å². The predicted octanol–water partition coefficient (Wildman–Crippen LogP) is 3.17. The lowest BCUT2D eigenvalue weighted by Gasteiger charge is -2.34. The van der Waals surface area contributed by atoms with Gasteiger partial charge in [0.15, 0.2) is 0 Å². The molecule has 4 rings (SSSR count). The summed E-state index contributed by atoms with van der Waals surface area (Å²) in [5, 5.41) is 7.62. The average molecular weight is 520 g/mol. The Hall–Kier alpha value is -3.95. The summed E-state index contributed by atoms with van der Waals surface area (Å²) < 4.78 is 0. The third kappa shape index (κ3) is 6.84. The van der Waals surface area contributed by atoms with Crippen LogP contribution < -0.4 is 21.3 Å². The zero-order valence-electron chi connectivity index (χ0n) is 20.7. The maximum atomic E-state index is 11.3. The third-order valence-corrected chi connectivity index (χ3v) is 6.29. The number of hydrogen-bond acceptors (Lipinski definition) is 7. The highest BCUT2D eigenvalue weighted by molar-refractivity contribution is 6.30. The Kier molecular flexibility index (Phi) is 8.71. The van der Waals surface area contributed by atoms with Gasteiger partial charge in [-0.25, -0.2) is 4.98 Å². The summed E-state index contributed by atoms with van der Waals surface area (Å²) in [6.45, 7) is 5.50. The molecule has 2 heterocycles. The number of nitrogens with one attached hydrogen (secondary N) is 2. The van der Waals surface area contributed by atoms with Crippen molar-refractivity contribution >= 4 is 52.2 Å². The van der Waals surface area contributed by atoms with Crippen molar-refractivity contribution in [2.45, 2.75) is 13.5 Å². The number of benzene rings is 2. The van der Waals surface area contributed by atoms with Crippen LogP contribution in [0.2, 0.25) is 5.02 Å². The molecule has 10 heteroatoms. The van der Waals surface area contributed by atoms with Gasteiger partial charge in [-0.3, -0.25) is 14.5 Å². The summed E-state index contributed by atoms with van der Waals surface area (Å²) in [6.07, 6.45) is 6.14. The number of carbonyl (C=O) groups is 2. The molecule has 3 aromatic rings. The van der Waals surface area contributed by atoms with Crippen LogP contribution in [0.5, 0.6) is 0 Å². The van der Waals surface area contributed by atoms with Gasteiger partial charge in [-0.2, -0.15) is 4.98 Å². The van der Waals surface area contributed by atoms with Gasteiger partial charge in [-0.1, -0.05) is 42.0 Å². The van der Waals surface area contributed by atoms with E-state index in [0.29, 0.717) is 55.9 Å². The second-order valence-corrected chi connectivity index (χ2v) is 9.14. The molecule has 1 aliphatic rings. The highest BCUT2D eigenvalue weighted by Gasteiger charge is 2.21. The van der Waals surface area contributed by atoms with E-state index in [1.54, 1.807) is 6.20 Å². The van der Waals surface area contributed by atoms with E-state index in [-0.39, 0.29) is 12.5 Å². The smallest absolute Gasteiger partial charge is 0.231 e. The lowest BCUT2D eigenvalue weighted by atomic mass is 10.0. The van der Waals surface area contributed by atoms with Crippen LogP contribution in [-0.4, -0.2) is 59.9 Å². The number of hydrogen-bond donors (Lipinski definition) is 3. The summed E-state index contributed by atoms with van der Waals surface area (Å²) in [4.78, 5) is 36.1. The van der Waals surface area contributed by atoms with Crippen LogP contribution in [0.4, 0.5) is 11.8 Å². The second-order valence-electron chi connectivity index (χ2n) is 8.70. The van der Waals surface area contributed by atoms with E-state index < -0.39 is 0 Å². The number of allylic oxidation sites excluding steroid dienone is 3. The zero-order chi connectivity index (χ0) is 26.2. The molecule has 0 aliphatic carbocycles. The predicted molar refractivity (Wildman–Crippen MR) is 148 cm³/mol. The van der Waals surface area contributed by atoms with E-state index in [1.807, 2.05) is 66.4 Å². The molecule has 1 fully saturated rings. The number of nitrogens with zero attached hydrogens (tertiary/aromatic N) is 4. The van der Waals surface area contributed by atoms with Gasteiger partial charge < -0.3 is 21.3 Å². The number of nitrogens with two attached hydrogens (primary N) is 1. The van der Waals surface area contributed by atoms with Gasteiger partial charge in [0.25, 0.3) is 0 Å². The Morgan fingerprint density at radius 3 is 2.65 bits per heavy atom. The van der Waals surface area contributed by atoms with E-state index in [2.05, 4.69) is 15.5 Å². The van der Waals surface area contributed by atoms with Crippen molar-refractivity contribution in [2.24, 2.45) is 5.73 Å². The van der Waals surface area contributed by atoms with Crippen molar-refractivity contribution in [1.29, 1.82) is 0 Å². The first-order valence-corrected chi connectivity index (χ1v) is 12.4. The number of aromatic nitrogens is 2. The fourth-order valence-electron chi connectivity index (χ4n) is 4.26. The molecule has 0 unspecified atom stereocenters. The van der Waals surface area contributed by atoms with Crippen LogP contribution in [0.15, 0.2) is 60.8 Å². The van der Waals surface area contributed by atoms with Gasteiger partial charge >= 0.3 is 0 Å². The minimum Gasteiger partial charge on any atom is -0.369 e. The summed E-state index contributed by atoms with van der Waals surface area (Å²) in [7, 11) is 0. The van der Waals surface area contributed by atoms with Crippen molar-refractivity contribution in [3.63, 3.8) is 0 Å². The van der Waals surface area contributed by atoms with Crippen molar-refractivity contribution in [2.75, 3.05) is 42.9 Å². The minimum absolute atomic E-state index is 0.253. The fraction of sp³-hybridized carbons (Fsp3) is 0.259. The average Bonchev–Trinajstić information content (AvgIpc) is 2.89. The number of piperazine rings is 1. The number of amides is 2. The van der Waals surface area contributed by atoms with Crippen LogP contribution >= 0.6 is 11.6 Å². The molecular formula is C27H30ClN7O2. The van der Waals surface area contributed by atoms with Crippen molar-refractivity contribution in [3.8, 4) is 0 Å². The Bertz CT molecular complexity index is 1330. The summed E-state index contributed by atoms with van der Waals surface area (Å²) >= 11 is 6.18. The number of halogens is 1. The number of primary amides is 1. The summed E-state index contributed by atoms with van der Waals surface area (Å²) in [5.74, 6) is 0.998. The van der Waals surface area contributed by atoms with E-state index in [4.69, 9.17) is 27.3 Å². The highest BCUT2D eigenvalue weighted by Crippen LogP contribution is 2.28. The molecule has 192 valence electrons. The molecule has 0 bridgehead atoms. The molecule has 37 heavy (non-hydrogen) atoms. The molecular weight excluding hydrogens is 490 g/mol. The monoisotopic (exact) mass is 519 g/mol. The molecule has 0 radical (unpaired) electrons. The Labute approximate surface area is 221 Å². The first-order chi connectivity index (χ1) is 18.0. The van der Waals surface area contributed by atoms with Crippen molar-refractivity contribution in [1.82, 2.24) is 20.2 Å². The van der Waals surface area contributed by atoms with Crippen LogP contribution in [0, 0.1) is 0 Å². The third-order valence-electron chi connectivity index (χ3n) is 6.05. The Balaban J connectivity index is 1.69. The number of fused-ring (bicyclic) bond motifs is 1. The molecule has 0 atom stereocenters. The molecule has 2 amide bonds. The van der Waals surface area contributed by atoms with Gasteiger partial charge in [0.2, 0.25) is 18.3 Å². The SMILES string of the molecule is C/C=C\C(=C/NC=O)c1ccc2nc(N3CCN(CC(N)=O)CC3)nc(NCc3cccc(Cl)c3)c2c1. The number of anilines is 2. The number of rotatable bonds is 10. The van der Waals surface area contributed by atoms with Crippen molar-refractivity contribution in [3.05, 3.63) is 77.0 Å². The number of carbonyl (C=O) groups excluding carboxylic acids is 2. The van der Waals surface area contributed by atoms with Crippen LogP contribution in [0.3, 0.4) is 0 Å². The molecule has 0 spiro atoms. The van der Waals surface area contributed by atoms with Gasteiger partial charge in [-0.05, 0) is 47.9 Å². The van der Waals surface area contributed by atoms with Gasteiger partial charge in [-0.15, -0.1) is 0 Å². The van der Waals surface area contributed by atoms with E-state index in [0.717, 1.165) is 27.6 Å².